The highest BCUT2D eigenvalue weighted by Crippen LogP contribution is 2.14. The molecule has 0 radical (unpaired) electrons. The molecular weight excluding hydrogens is 1480 g/mol. The maximum Gasteiger partial charge on any atom is 0.326 e. The predicted octanol–water partition coefficient (Wildman–Crippen LogP) is -8.31. The fourth-order valence-corrected chi connectivity index (χ4v) is 10.4. The Labute approximate surface area is 639 Å². The van der Waals surface area contributed by atoms with E-state index in [0.717, 1.165) is 20.8 Å². The lowest BCUT2D eigenvalue weighted by atomic mass is 9.96. The lowest BCUT2D eigenvalue weighted by Gasteiger charge is -2.30. The number of carboxylic acids is 3. The molecule has 0 unspecified atom stereocenters. The van der Waals surface area contributed by atoms with Crippen molar-refractivity contribution in [3.05, 3.63) is 18.2 Å². The number of aromatic nitrogens is 2. The Morgan fingerprint density at radius 3 is 1.35 bits per heavy atom. The number of thiol groups is 2. The van der Waals surface area contributed by atoms with Crippen LogP contribution in [0.1, 0.15) is 127 Å². The van der Waals surface area contributed by atoms with Crippen molar-refractivity contribution in [1.29, 1.82) is 0 Å². The number of carbonyl (C=O) groups is 18. The molecule has 109 heavy (non-hydrogen) atoms. The molecular formula is C65H108N18O24S2. The van der Waals surface area contributed by atoms with E-state index in [1.807, 2.05) is 13.8 Å². The van der Waals surface area contributed by atoms with Crippen LogP contribution in [0.4, 0.5) is 0 Å². The topological polar surface area (TPSA) is 664 Å². The Balaban J connectivity index is 3.13. The van der Waals surface area contributed by atoms with Crippen molar-refractivity contribution in [2.24, 2.45) is 29.4 Å². The monoisotopic (exact) mass is 1590 g/mol. The Morgan fingerprint density at radius 2 is 0.853 bits per heavy atom. The van der Waals surface area contributed by atoms with Crippen LogP contribution in [0.15, 0.2) is 12.5 Å². The third kappa shape index (κ3) is 36.8. The summed E-state index contributed by atoms with van der Waals surface area (Å²) < 4.78 is 0. The third-order valence-corrected chi connectivity index (χ3v) is 16.8. The smallest absolute Gasteiger partial charge is 0.326 e. The van der Waals surface area contributed by atoms with Crippen molar-refractivity contribution in [2.45, 2.75) is 218 Å². The van der Waals surface area contributed by atoms with E-state index in [0.29, 0.717) is 0 Å². The number of H-pyrrole nitrogens is 1. The lowest BCUT2D eigenvalue weighted by Crippen LogP contribution is -2.63. The summed E-state index contributed by atoms with van der Waals surface area (Å²) in [4.78, 5) is 242. The lowest BCUT2D eigenvalue weighted by molar-refractivity contribution is -0.144. The van der Waals surface area contributed by atoms with E-state index in [-0.39, 0.29) is 67.7 Å². The highest BCUT2D eigenvalue weighted by Gasteiger charge is 2.39. The van der Waals surface area contributed by atoms with E-state index in [1.165, 1.54) is 19.4 Å². The molecule has 0 bridgehead atoms. The number of hydrogen-bond donors (Lipinski definition) is 25. The molecule has 1 aromatic heterocycles. The van der Waals surface area contributed by atoms with Gasteiger partial charge >= 0.3 is 17.9 Å². The maximum atomic E-state index is 14.0. The Bertz CT molecular complexity index is 3290. The number of nitrogens with one attached hydrogen (secondary N) is 16. The van der Waals surface area contributed by atoms with Crippen LogP contribution in [0.25, 0.3) is 0 Å². The molecule has 44 heteroatoms. The quantitative estimate of drug-likeness (QED) is 0.0269. The first-order chi connectivity index (χ1) is 50.9. The number of rotatable bonds is 51. The number of aromatic amines is 1. The van der Waals surface area contributed by atoms with Crippen molar-refractivity contribution < 1.29 is 117 Å². The molecule has 0 aliphatic rings. The summed E-state index contributed by atoms with van der Waals surface area (Å²) in [5.74, 6) is -21.9. The number of carbonyl (C=O) groups excluding carboxylic acids is 15. The maximum absolute atomic E-state index is 14.0. The second-order valence-electron chi connectivity index (χ2n) is 27.1. The van der Waals surface area contributed by atoms with Crippen LogP contribution < -0.4 is 85.5 Å². The molecule has 16 atom stereocenters. The molecule has 0 fully saturated rings. The number of nitrogens with two attached hydrogens (primary N) is 1. The van der Waals surface area contributed by atoms with Gasteiger partial charge in [-0.25, -0.2) is 9.78 Å². The van der Waals surface area contributed by atoms with Crippen LogP contribution in [0.5, 0.6) is 0 Å². The van der Waals surface area contributed by atoms with Crippen LogP contribution >= 0.6 is 25.3 Å². The summed E-state index contributed by atoms with van der Waals surface area (Å²) in [6, 6.07) is -20.5. The van der Waals surface area contributed by atoms with Crippen LogP contribution in [-0.2, 0) is 92.7 Å². The summed E-state index contributed by atoms with van der Waals surface area (Å²) in [5.41, 5.74) is 6.17. The normalized spacial score (nSPS) is 15.6. The number of carboxylic acid groups (broad SMARTS) is 3. The summed E-state index contributed by atoms with van der Waals surface area (Å²) in [6.45, 7) is 13.3. The average molecular weight is 1590 g/mol. The number of aliphatic carboxylic acids is 3. The van der Waals surface area contributed by atoms with Gasteiger partial charge in [0.2, 0.25) is 88.6 Å². The first-order valence-electron chi connectivity index (χ1n) is 34.9. The molecule has 614 valence electrons. The molecule has 1 heterocycles. The zero-order valence-corrected chi connectivity index (χ0v) is 64.3. The minimum absolute atomic E-state index is 0.0119. The summed E-state index contributed by atoms with van der Waals surface area (Å²) in [6.07, 6.45) is -2.81. The first kappa shape index (κ1) is 97.2. The molecule has 0 spiro atoms. The minimum Gasteiger partial charge on any atom is -0.481 e. The highest BCUT2D eigenvalue weighted by atomic mass is 32.1. The Morgan fingerprint density at radius 1 is 0.440 bits per heavy atom. The molecule has 15 amide bonds. The van der Waals surface area contributed by atoms with E-state index in [2.05, 4.69) is 115 Å². The fraction of sp³-hybridized carbons (Fsp3) is 0.677. The number of amides is 15. The van der Waals surface area contributed by atoms with Crippen molar-refractivity contribution in [3.63, 3.8) is 0 Å². The van der Waals surface area contributed by atoms with Crippen molar-refractivity contribution in [2.75, 3.05) is 37.7 Å². The molecule has 0 aliphatic heterocycles. The number of imidazole rings is 1. The molecule has 0 aromatic carbocycles. The minimum atomic E-state index is -1.86. The Kier molecular flexibility index (Phi) is 44.0. The Hall–Kier alpha value is -9.79. The second kappa shape index (κ2) is 49.3. The first-order valence-corrected chi connectivity index (χ1v) is 36.2. The van der Waals surface area contributed by atoms with Gasteiger partial charge in [0, 0.05) is 36.2 Å². The van der Waals surface area contributed by atoms with E-state index < -0.39 is 248 Å². The van der Waals surface area contributed by atoms with Gasteiger partial charge in [-0.05, 0) is 70.1 Å². The van der Waals surface area contributed by atoms with E-state index >= 15 is 0 Å². The van der Waals surface area contributed by atoms with Crippen molar-refractivity contribution >= 4 is 132 Å². The summed E-state index contributed by atoms with van der Waals surface area (Å²) >= 11 is 8.23. The highest BCUT2D eigenvalue weighted by molar-refractivity contribution is 7.80. The summed E-state index contributed by atoms with van der Waals surface area (Å²) in [7, 11) is 0. The van der Waals surface area contributed by atoms with Gasteiger partial charge in [-0.2, -0.15) is 25.3 Å². The third-order valence-electron chi connectivity index (χ3n) is 16.1. The number of nitrogens with zero attached hydrogens (tertiary/aromatic N) is 1. The van der Waals surface area contributed by atoms with Gasteiger partial charge in [0.1, 0.15) is 72.5 Å². The van der Waals surface area contributed by atoms with E-state index in [4.69, 9.17) is 5.73 Å². The average Bonchev–Trinajstić information content (AvgIpc) is 0.996. The van der Waals surface area contributed by atoms with Crippen LogP contribution in [-0.4, -0.2) is 276 Å². The summed E-state index contributed by atoms with van der Waals surface area (Å²) in [5, 5.41) is 94.6. The molecule has 42 nitrogen and oxygen atoms in total. The largest absolute Gasteiger partial charge is 0.481 e. The van der Waals surface area contributed by atoms with Gasteiger partial charge in [0.15, 0.2) is 0 Å². The number of aliphatic hydroxyl groups is 3. The second-order valence-corrected chi connectivity index (χ2v) is 27.8. The number of aliphatic hydroxyl groups excluding tert-OH is 3. The SMILES string of the molecule is CC[C@H](C)[C@H](NC(=O)[C@@H](NC(=O)CNC(=O)CNC(=O)CNC(=O)[C@H](CS)NC(=O)[C@H](CCC(=O)O)NC(=O)[C@@H](N)CC(C)C)[C@@H](C)O)C(=O)N[C@H](C(=O)N[C@@H](C)C(=O)N[C@@H](Cc1cnc[nH]1)C(=O)N[C@@H](CS)C(=O)N[C@@H](CO)C(=O)N[C@@H](CC(C)C)C(=O)N[C@@H](CC(=O)O)C(=O)N[C@@H](CC(C)C)C(=O)O)[C@@H](C)O. The molecule has 24 N–H and O–H groups in total. The van der Waals surface area contributed by atoms with Gasteiger partial charge in [0.05, 0.1) is 57.2 Å². The molecule has 0 saturated heterocycles. The van der Waals surface area contributed by atoms with Gasteiger partial charge in [-0.3, -0.25) is 81.5 Å². The molecule has 1 aromatic rings. The van der Waals surface area contributed by atoms with Gasteiger partial charge in [0.25, 0.3) is 0 Å². The van der Waals surface area contributed by atoms with Crippen molar-refractivity contribution in [1.82, 2.24) is 89.7 Å². The fourth-order valence-electron chi connectivity index (χ4n) is 9.91. The molecule has 0 saturated carbocycles. The van der Waals surface area contributed by atoms with Crippen LogP contribution in [0.3, 0.4) is 0 Å². The van der Waals surface area contributed by atoms with Crippen molar-refractivity contribution in [3.8, 4) is 0 Å². The standard InChI is InChI=1S/C65H108N18O24S2/c1-12-31(8)50(82-64(105)51(33(10)85)81-47(89)23-69-45(87)21-68-46(88)22-70-55(96)43(25-108)79-56(97)37(13-14-48(90)91)73-54(95)36(66)15-28(2)3)62(103)83-52(34(11)86)63(104)72-32(9)53(94)74-39(18-35-20-67-27-71-35)58(99)80-44(26-109)61(102)78-42(24-84)60(101)75-38(16-29(4)5)57(98)76-40(19-49(92)93)59(100)77-41(65(106)107)17-30(6)7/h20,27-34,36-44,50-52,84-86,108-109H,12-19,21-26,66H2,1-11H3,(H,67,71)(H,68,88)(H,69,87)(H,70,96)(H,72,104)(H,73,95)(H,74,94)(H,75,101)(H,76,98)(H,77,100)(H,78,102)(H,79,97)(H,80,99)(H,81,89)(H,82,105)(H,83,103)(H,90,91)(H,92,93)(H,106,107)/t31-,32-,33+,34+,36-,37-,38-,39-,40-,41-,42-,43-,44-,50-,51-,52-/m0/s1. The van der Waals surface area contributed by atoms with Gasteiger partial charge in [-0.15, -0.1) is 0 Å². The van der Waals surface area contributed by atoms with Crippen LogP contribution in [0.2, 0.25) is 0 Å². The molecule has 0 aliphatic carbocycles. The zero-order valence-electron chi connectivity index (χ0n) is 62.5. The number of hydrogen-bond acceptors (Lipinski definition) is 25. The predicted molar refractivity (Wildman–Crippen MR) is 391 cm³/mol. The van der Waals surface area contributed by atoms with Gasteiger partial charge in [-0.1, -0.05) is 61.8 Å². The van der Waals surface area contributed by atoms with Crippen LogP contribution in [0, 0.1) is 23.7 Å². The van der Waals surface area contributed by atoms with E-state index in [9.17, 15) is 117 Å². The van der Waals surface area contributed by atoms with E-state index in [1.54, 1.807) is 34.6 Å². The van der Waals surface area contributed by atoms with Gasteiger partial charge < -0.3 is 121 Å². The molecule has 1 rings (SSSR count). The zero-order chi connectivity index (χ0) is 83.3.